The first kappa shape index (κ1) is 10.6. The van der Waals surface area contributed by atoms with E-state index in [9.17, 15) is 9.50 Å². The van der Waals surface area contributed by atoms with Gasteiger partial charge >= 0.3 is 0 Å². The molecular formula is C12H16FNO. The molecule has 1 fully saturated rings. The molecule has 2 rings (SSSR count). The molecule has 1 N–H and O–H groups in total. The van der Waals surface area contributed by atoms with E-state index >= 15 is 0 Å². The van der Waals surface area contributed by atoms with Gasteiger partial charge in [-0.3, -0.25) is 4.90 Å². The van der Waals surface area contributed by atoms with Gasteiger partial charge in [-0.2, -0.15) is 0 Å². The van der Waals surface area contributed by atoms with Crippen LogP contribution in [0.25, 0.3) is 0 Å². The molecule has 15 heavy (non-hydrogen) atoms. The standard InChI is InChI=1S/C12H16FNO/c13-11-6-7-14(8-11)9-12(15)10-4-2-1-3-5-10/h1-5,11-12,15H,6-9H2/t11-,12+/m1/s1. The highest BCUT2D eigenvalue weighted by atomic mass is 19.1. The SMILES string of the molecule is O[C@@H](CN1CC[C@@H](F)C1)c1ccccc1. The number of hydrogen-bond donors (Lipinski definition) is 1. The molecule has 2 atom stereocenters. The summed E-state index contributed by atoms with van der Waals surface area (Å²) >= 11 is 0. The maximum Gasteiger partial charge on any atom is 0.114 e. The summed E-state index contributed by atoms with van der Waals surface area (Å²) in [7, 11) is 0. The van der Waals surface area contributed by atoms with Crippen LogP contribution in [0, 0.1) is 0 Å². The van der Waals surface area contributed by atoms with Crippen LogP contribution in [0.4, 0.5) is 4.39 Å². The fraction of sp³-hybridized carbons (Fsp3) is 0.500. The molecule has 0 unspecified atom stereocenters. The highest BCUT2D eigenvalue weighted by molar-refractivity contribution is 5.17. The molecule has 0 saturated carbocycles. The Bertz CT molecular complexity index is 304. The molecule has 1 saturated heterocycles. The predicted molar refractivity (Wildman–Crippen MR) is 57.4 cm³/mol. The fourth-order valence-corrected chi connectivity index (χ4v) is 1.98. The number of nitrogens with zero attached hydrogens (tertiary/aromatic N) is 1. The van der Waals surface area contributed by atoms with E-state index in [0.29, 0.717) is 19.5 Å². The minimum absolute atomic E-state index is 0.462. The van der Waals surface area contributed by atoms with Crippen LogP contribution < -0.4 is 0 Å². The third-order valence-corrected chi connectivity index (χ3v) is 2.83. The second-order valence-corrected chi connectivity index (χ2v) is 4.07. The molecule has 1 aliphatic heterocycles. The summed E-state index contributed by atoms with van der Waals surface area (Å²) in [4.78, 5) is 1.97. The molecule has 0 radical (unpaired) electrons. The van der Waals surface area contributed by atoms with Crippen molar-refractivity contribution in [3.05, 3.63) is 35.9 Å². The average molecular weight is 209 g/mol. The summed E-state index contributed by atoms with van der Waals surface area (Å²) in [6, 6.07) is 9.52. The molecule has 82 valence electrons. The highest BCUT2D eigenvalue weighted by Crippen LogP contribution is 2.18. The van der Waals surface area contributed by atoms with Gasteiger partial charge in [0.2, 0.25) is 0 Å². The average Bonchev–Trinajstić information content (AvgIpc) is 2.65. The van der Waals surface area contributed by atoms with Crippen LogP contribution in [0.15, 0.2) is 30.3 Å². The number of halogens is 1. The van der Waals surface area contributed by atoms with Crippen molar-refractivity contribution in [2.45, 2.75) is 18.7 Å². The normalized spacial score (nSPS) is 24.3. The number of benzene rings is 1. The van der Waals surface area contributed by atoms with Crippen LogP contribution in [-0.2, 0) is 0 Å². The zero-order valence-corrected chi connectivity index (χ0v) is 8.64. The number of hydrogen-bond acceptors (Lipinski definition) is 2. The third-order valence-electron chi connectivity index (χ3n) is 2.83. The monoisotopic (exact) mass is 209 g/mol. The Morgan fingerprint density at radius 3 is 2.73 bits per heavy atom. The molecule has 1 heterocycles. The van der Waals surface area contributed by atoms with Gasteiger partial charge in [-0.15, -0.1) is 0 Å². The summed E-state index contributed by atoms with van der Waals surface area (Å²) in [5.41, 5.74) is 0.903. The molecule has 0 amide bonds. The maximum atomic E-state index is 12.9. The Hall–Kier alpha value is -0.930. The molecule has 1 aliphatic rings. The number of β-amino-alcohol motifs (C(OH)–C–C–N with tert-alkyl or cyclic N) is 1. The lowest BCUT2D eigenvalue weighted by Crippen LogP contribution is -2.26. The summed E-state index contributed by atoms with van der Waals surface area (Å²) < 4.78 is 12.9. The van der Waals surface area contributed by atoms with Crippen LogP contribution in [0.1, 0.15) is 18.1 Å². The number of likely N-dealkylation sites (tertiary alicyclic amines) is 1. The van der Waals surface area contributed by atoms with Crippen molar-refractivity contribution >= 4 is 0 Å². The Labute approximate surface area is 89.3 Å². The van der Waals surface area contributed by atoms with Crippen molar-refractivity contribution in [1.29, 1.82) is 0 Å². The number of aliphatic hydroxyl groups excluding tert-OH is 1. The predicted octanol–water partition coefficient (Wildman–Crippen LogP) is 1.76. The zero-order chi connectivity index (χ0) is 10.7. The first-order chi connectivity index (χ1) is 7.25. The van der Waals surface area contributed by atoms with Gasteiger partial charge in [-0.05, 0) is 12.0 Å². The molecular weight excluding hydrogens is 193 g/mol. The summed E-state index contributed by atoms with van der Waals surface area (Å²) in [6.45, 7) is 1.75. The molecule has 0 spiro atoms. The van der Waals surface area contributed by atoms with Crippen LogP contribution in [-0.4, -0.2) is 35.8 Å². The first-order valence-corrected chi connectivity index (χ1v) is 5.35. The third kappa shape index (κ3) is 2.76. The largest absolute Gasteiger partial charge is 0.387 e. The minimum atomic E-state index is -0.715. The van der Waals surface area contributed by atoms with Crippen LogP contribution in [0.5, 0.6) is 0 Å². The van der Waals surface area contributed by atoms with E-state index in [1.165, 1.54) is 0 Å². The molecule has 3 heteroatoms. The van der Waals surface area contributed by atoms with Gasteiger partial charge in [-0.25, -0.2) is 4.39 Å². The summed E-state index contributed by atoms with van der Waals surface area (Å²) in [5, 5.41) is 9.90. The molecule has 0 aromatic heterocycles. The maximum absolute atomic E-state index is 12.9. The van der Waals surface area contributed by atoms with Gasteiger partial charge in [0.1, 0.15) is 6.17 Å². The Morgan fingerprint density at radius 1 is 1.40 bits per heavy atom. The number of alkyl halides is 1. The van der Waals surface area contributed by atoms with Crippen LogP contribution in [0.2, 0.25) is 0 Å². The zero-order valence-electron chi connectivity index (χ0n) is 8.64. The van der Waals surface area contributed by atoms with Gasteiger partial charge < -0.3 is 5.11 Å². The van der Waals surface area contributed by atoms with Crippen LogP contribution in [0.3, 0.4) is 0 Å². The summed E-state index contributed by atoms with van der Waals surface area (Å²) in [5.74, 6) is 0. The Morgan fingerprint density at radius 2 is 2.13 bits per heavy atom. The second kappa shape index (κ2) is 4.73. The van der Waals surface area contributed by atoms with E-state index in [4.69, 9.17) is 0 Å². The first-order valence-electron chi connectivity index (χ1n) is 5.35. The van der Waals surface area contributed by atoms with Gasteiger partial charge in [0.15, 0.2) is 0 Å². The van der Waals surface area contributed by atoms with E-state index in [1.54, 1.807) is 0 Å². The molecule has 1 aromatic rings. The van der Waals surface area contributed by atoms with E-state index in [2.05, 4.69) is 0 Å². The van der Waals surface area contributed by atoms with Crippen LogP contribution >= 0.6 is 0 Å². The van der Waals surface area contributed by atoms with E-state index in [-0.39, 0.29) is 0 Å². The lowest BCUT2D eigenvalue weighted by Gasteiger charge is -2.19. The molecule has 1 aromatic carbocycles. The summed E-state index contributed by atoms with van der Waals surface area (Å²) in [6.07, 6.45) is -0.619. The van der Waals surface area contributed by atoms with Gasteiger partial charge in [0.05, 0.1) is 6.10 Å². The quantitative estimate of drug-likeness (QED) is 0.820. The second-order valence-electron chi connectivity index (χ2n) is 4.07. The van der Waals surface area contributed by atoms with E-state index in [0.717, 1.165) is 12.1 Å². The van der Waals surface area contributed by atoms with E-state index in [1.807, 2.05) is 35.2 Å². The van der Waals surface area contributed by atoms with Gasteiger partial charge in [0.25, 0.3) is 0 Å². The van der Waals surface area contributed by atoms with Gasteiger partial charge in [0, 0.05) is 19.6 Å². The Kier molecular flexibility index (Phi) is 3.34. The molecule has 0 bridgehead atoms. The van der Waals surface area contributed by atoms with E-state index < -0.39 is 12.3 Å². The number of aliphatic hydroxyl groups is 1. The highest BCUT2D eigenvalue weighted by Gasteiger charge is 2.23. The Balaban J connectivity index is 1.90. The minimum Gasteiger partial charge on any atom is -0.387 e. The van der Waals surface area contributed by atoms with Crippen molar-refractivity contribution in [3.63, 3.8) is 0 Å². The smallest absolute Gasteiger partial charge is 0.114 e. The van der Waals surface area contributed by atoms with Crippen molar-refractivity contribution in [1.82, 2.24) is 4.90 Å². The molecule has 2 nitrogen and oxygen atoms in total. The fourth-order valence-electron chi connectivity index (χ4n) is 1.98. The lowest BCUT2D eigenvalue weighted by atomic mass is 10.1. The van der Waals surface area contributed by atoms with Crippen molar-refractivity contribution in [2.75, 3.05) is 19.6 Å². The van der Waals surface area contributed by atoms with Gasteiger partial charge in [-0.1, -0.05) is 30.3 Å². The lowest BCUT2D eigenvalue weighted by molar-refractivity contribution is 0.122. The van der Waals surface area contributed by atoms with Crippen molar-refractivity contribution in [3.8, 4) is 0 Å². The topological polar surface area (TPSA) is 23.5 Å². The van der Waals surface area contributed by atoms with Crippen molar-refractivity contribution < 1.29 is 9.50 Å². The van der Waals surface area contributed by atoms with Crippen molar-refractivity contribution in [2.24, 2.45) is 0 Å². The number of rotatable bonds is 3. The molecule has 0 aliphatic carbocycles.